The molecule has 10 heteroatoms. The van der Waals surface area contributed by atoms with E-state index in [2.05, 4.69) is 4.98 Å². The molecule has 2 amide bonds. The molecule has 0 bridgehead atoms. The van der Waals surface area contributed by atoms with Gasteiger partial charge in [0.2, 0.25) is 11.8 Å². The van der Waals surface area contributed by atoms with Crippen molar-refractivity contribution in [3.8, 4) is 5.75 Å². The first-order valence-electron chi connectivity index (χ1n) is 12.2. The van der Waals surface area contributed by atoms with Gasteiger partial charge in [0, 0.05) is 45.2 Å². The van der Waals surface area contributed by atoms with Crippen molar-refractivity contribution in [3.05, 3.63) is 39.0 Å². The summed E-state index contributed by atoms with van der Waals surface area (Å²) in [5.74, 6) is 0.741. The number of carbonyl (C=O) groups excluding carboxylic acids is 2. The van der Waals surface area contributed by atoms with Crippen LogP contribution in [-0.4, -0.2) is 77.7 Å². The third kappa shape index (κ3) is 5.27. The summed E-state index contributed by atoms with van der Waals surface area (Å²) < 4.78 is 11.4. The van der Waals surface area contributed by atoms with Crippen LogP contribution < -0.4 is 16.0 Å². The number of fused-ring (bicyclic) bond motifs is 1. The van der Waals surface area contributed by atoms with E-state index in [1.54, 1.807) is 23.1 Å². The summed E-state index contributed by atoms with van der Waals surface area (Å²) in [6.45, 7) is 3.93. The summed E-state index contributed by atoms with van der Waals surface area (Å²) >= 11 is 0. The summed E-state index contributed by atoms with van der Waals surface area (Å²) in [6, 6.07) is 4.98. The van der Waals surface area contributed by atoms with Crippen LogP contribution in [0.4, 0.5) is 0 Å². The Morgan fingerprint density at radius 2 is 1.83 bits per heavy atom. The van der Waals surface area contributed by atoms with Crippen molar-refractivity contribution in [1.29, 1.82) is 0 Å². The molecule has 2 fully saturated rings. The monoisotopic (exact) mass is 486 g/mol. The van der Waals surface area contributed by atoms with E-state index in [0.717, 1.165) is 25.7 Å². The predicted molar refractivity (Wildman–Crippen MR) is 130 cm³/mol. The van der Waals surface area contributed by atoms with E-state index in [1.165, 1.54) is 18.8 Å². The van der Waals surface area contributed by atoms with Crippen molar-refractivity contribution in [2.24, 2.45) is 11.8 Å². The normalized spacial score (nSPS) is 22.9. The maximum atomic E-state index is 13.2. The van der Waals surface area contributed by atoms with Gasteiger partial charge < -0.3 is 24.3 Å². The molecule has 1 aliphatic heterocycles. The van der Waals surface area contributed by atoms with Crippen LogP contribution in [-0.2, 0) is 20.9 Å². The molecule has 0 radical (unpaired) electrons. The minimum Gasteiger partial charge on any atom is -0.497 e. The van der Waals surface area contributed by atoms with Crippen LogP contribution in [0.5, 0.6) is 5.75 Å². The Hall–Kier alpha value is -3.14. The minimum atomic E-state index is -0.416. The average molecular weight is 487 g/mol. The Bertz CT molecular complexity index is 1200. The van der Waals surface area contributed by atoms with Crippen molar-refractivity contribution >= 4 is 22.7 Å². The number of rotatable bonds is 6. The Balaban J connectivity index is 1.37. The number of aromatic nitrogens is 2. The largest absolute Gasteiger partial charge is 0.497 e. The molecule has 1 N–H and O–H groups in total. The fourth-order valence-corrected chi connectivity index (χ4v) is 5.33. The van der Waals surface area contributed by atoms with Gasteiger partial charge >= 0.3 is 5.69 Å². The molecular weight excluding hydrogens is 452 g/mol. The lowest BCUT2D eigenvalue weighted by atomic mass is 9.81. The van der Waals surface area contributed by atoms with Crippen LogP contribution in [0.3, 0.4) is 0 Å². The molecule has 2 aliphatic rings. The van der Waals surface area contributed by atoms with Gasteiger partial charge in [-0.2, -0.15) is 0 Å². The van der Waals surface area contributed by atoms with Gasteiger partial charge in [0.15, 0.2) is 0 Å². The minimum absolute atomic E-state index is 0.0403. The number of methoxy groups -OCH3 is 2. The number of nitrogens with zero attached hydrogens (tertiary/aromatic N) is 3. The second kappa shape index (κ2) is 10.6. The number of nitrogens with one attached hydrogen (secondary N) is 1. The van der Waals surface area contributed by atoms with Crippen LogP contribution >= 0.6 is 0 Å². The molecule has 1 saturated heterocycles. The second-order valence-electron chi connectivity index (χ2n) is 9.63. The molecule has 1 aromatic carbocycles. The van der Waals surface area contributed by atoms with Gasteiger partial charge in [0.1, 0.15) is 12.4 Å². The first kappa shape index (κ1) is 25.0. The van der Waals surface area contributed by atoms with Gasteiger partial charge in [-0.1, -0.05) is 0 Å². The number of hydrogen-bond acceptors (Lipinski definition) is 6. The van der Waals surface area contributed by atoms with E-state index >= 15 is 0 Å². The van der Waals surface area contributed by atoms with Crippen LogP contribution in [0.1, 0.15) is 32.6 Å². The van der Waals surface area contributed by atoms with E-state index in [0.29, 0.717) is 42.8 Å². The smallest absolute Gasteiger partial charge is 0.328 e. The molecule has 1 aliphatic carbocycles. The van der Waals surface area contributed by atoms with E-state index < -0.39 is 5.69 Å². The number of carbonyl (C=O) groups is 2. The quantitative estimate of drug-likeness (QED) is 0.657. The summed E-state index contributed by atoms with van der Waals surface area (Å²) in [5, 5.41) is 0.421. The van der Waals surface area contributed by atoms with Crippen LogP contribution in [0, 0.1) is 11.8 Å². The molecule has 0 spiro atoms. The molecule has 0 unspecified atom stereocenters. The van der Waals surface area contributed by atoms with Gasteiger partial charge in [-0.15, -0.1) is 0 Å². The van der Waals surface area contributed by atoms with Gasteiger partial charge in [-0.25, -0.2) is 4.79 Å². The summed E-state index contributed by atoms with van der Waals surface area (Å²) in [7, 11) is 3.04. The summed E-state index contributed by atoms with van der Waals surface area (Å²) in [4.78, 5) is 57.4. The fourth-order valence-electron chi connectivity index (χ4n) is 5.33. The second-order valence-corrected chi connectivity index (χ2v) is 9.63. The summed E-state index contributed by atoms with van der Waals surface area (Å²) in [6.07, 6.45) is 3.01. The molecule has 1 saturated carbocycles. The molecule has 1 atom stereocenters. The zero-order valence-electron chi connectivity index (χ0n) is 20.6. The van der Waals surface area contributed by atoms with E-state index in [9.17, 15) is 19.2 Å². The average Bonchev–Trinajstić information content (AvgIpc) is 2.86. The first-order chi connectivity index (χ1) is 16.8. The number of aromatic amines is 1. The van der Waals surface area contributed by atoms with Gasteiger partial charge in [0.25, 0.3) is 5.56 Å². The Morgan fingerprint density at radius 1 is 1.09 bits per heavy atom. The number of H-pyrrole nitrogens is 1. The van der Waals surface area contributed by atoms with Crippen LogP contribution in [0.2, 0.25) is 0 Å². The summed E-state index contributed by atoms with van der Waals surface area (Å²) in [5.41, 5.74) is -0.249. The molecule has 2 heterocycles. The number of amides is 2. The van der Waals surface area contributed by atoms with Crippen LogP contribution in [0.15, 0.2) is 27.8 Å². The number of ether oxygens (including phenoxy) is 2. The van der Waals surface area contributed by atoms with Gasteiger partial charge in [0.05, 0.1) is 18.0 Å². The highest BCUT2D eigenvalue weighted by Crippen LogP contribution is 2.31. The van der Waals surface area contributed by atoms with E-state index in [-0.39, 0.29) is 41.9 Å². The molecule has 35 heavy (non-hydrogen) atoms. The number of hydrogen-bond donors (Lipinski definition) is 1. The molecule has 10 nitrogen and oxygen atoms in total. The maximum absolute atomic E-state index is 13.2. The Kier molecular flexibility index (Phi) is 7.59. The Morgan fingerprint density at radius 3 is 2.49 bits per heavy atom. The predicted octanol–water partition coefficient (Wildman–Crippen LogP) is 1.21. The molecule has 4 rings (SSSR count). The zero-order valence-corrected chi connectivity index (χ0v) is 20.6. The third-order valence-corrected chi connectivity index (χ3v) is 7.36. The van der Waals surface area contributed by atoms with Crippen molar-refractivity contribution in [3.63, 3.8) is 0 Å². The molecule has 1 aromatic heterocycles. The standard InChI is InChI=1S/C25H34N4O6/c1-16-13-27(22(30)15-34-2)10-11-28(16)23(31)18-6-4-17(5-7-18)14-29-24(32)20-12-19(35-3)8-9-21(20)26-25(29)33/h8-9,12,16-18H,4-7,10-11,13-15H2,1-3H3,(H,26,33)/t16-,17?,18?/m0/s1. The molecular formula is C25H34N4O6. The van der Waals surface area contributed by atoms with E-state index in [4.69, 9.17) is 9.47 Å². The fraction of sp³-hybridized carbons (Fsp3) is 0.600. The van der Waals surface area contributed by atoms with Crippen molar-refractivity contribution in [2.75, 3.05) is 40.5 Å². The highest BCUT2D eigenvalue weighted by molar-refractivity contribution is 5.81. The molecule has 2 aromatic rings. The van der Waals surface area contributed by atoms with E-state index in [1.807, 2.05) is 11.8 Å². The topological polar surface area (TPSA) is 114 Å². The zero-order chi connectivity index (χ0) is 25.1. The van der Waals surface area contributed by atoms with Crippen molar-refractivity contribution in [1.82, 2.24) is 19.4 Å². The maximum Gasteiger partial charge on any atom is 0.328 e. The lowest BCUT2D eigenvalue weighted by Crippen LogP contribution is -2.57. The van der Waals surface area contributed by atoms with Gasteiger partial charge in [-0.05, 0) is 56.7 Å². The van der Waals surface area contributed by atoms with Crippen molar-refractivity contribution in [2.45, 2.75) is 45.2 Å². The number of benzene rings is 1. The SMILES string of the molecule is COCC(=O)N1CCN(C(=O)C2CCC(Cn3c(=O)[nH]c4ccc(OC)cc4c3=O)CC2)[C@@H](C)C1. The van der Waals surface area contributed by atoms with Gasteiger partial charge in [-0.3, -0.25) is 19.0 Å². The molecule has 190 valence electrons. The third-order valence-electron chi connectivity index (χ3n) is 7.36. The highest BCUT2D eigenvalue weighted by Gasteiger charge is 2.35. The lowest BCUT2D eigenvalue weighted by Gasteiger charge is -2.42. The highest BCUT2D eigenvalue weighted by atomic mass is 16.5. The Labute approximate surface area is 203 Å². The first-order valence-corrected chi connectivity index (χ1v) is 12.2. The number of piperazine rings is 1. The van der Waals surface area contributed by atoms with Crippen LogP contribution in [0.25, 0.3) is 10.9 Å². The van der Waals surface area contributed by atoms with Crippen molar-refractivity contribution < 1.29 is 19.1 Å². The lowest BCUT2D eigenvalue weighted by molar-refractivity contribution is -0.147.